The van der Waals surface area contributed by atoms with Crippen LogP contribution in [0, 0.1) is 5.41 Å². The number of aromatic nitrogens is 1. The highest BCUT2D eigenvalue weighted by molar-refractivity contribution is 7.88. The summed E-state index contributed by atoms with van der Waals surface area (Å²) in [6.07, 6.45) is 0.676. The number of sulfonamides is 1. The zero-order chi connectivity index (χ0) is 23.0. The Morgan fingerprint density at radius 2 is 1.90 bits per heavy atom. The maximum absolute atomic E-state index is 11.9. The smallest absolute Gasteiger partial charge is 0.405 e. The number of halogens is 1. The molecule has 1 aliphatic heterocycles. The van der Waals surface area contributed by atoms with Crippen LogP contribution in [0.5, 0.6) is 0 Å². The van der Waals surface area contributed by atoms with Crippen LogP contribution in [0.1, 0.15) is 38.8 Å². The molecule has 1 saturated heterocycles. The van der Waals surface area contributed by atoms with Crippen LogP contribution in [-0.2, 0) is 10.0 Å². The molecule has 10 heteroatoms. The van der Waals surface area contributed by atoms with Crippen molar-refractivity contribution >= 4 is 44.4 Å². The number of rotatable bonds is 5. The highest BCUT2D eigenvalue weighted by Crippen LogP contribution is 2.37. The van der Waals surface area contributed by atoms with Crippen molar-refractivity contribution < 1.29 is 18.3 Å². The average molecular weight is 469 g/mol. The molecule has 3 rings (SSSR count). The number of carboxylic acid groups (broad SMARTS) is 1. The Morgan fingerprint density at radius 3 is 2.45 bits per heavy atom. The van der Waals surface area contributed by atoms with Crippen LogP contribution in [0.15, 0.2) is 24.3 Å². The van der Waals surface area contributed by atoms with Gasteiger partial charge in [0.15, 0.2) is 0 Å². The lowest BCUT2D eigenvalue weighted by Gasteiger charge is -2.36. The molecule has 170 valence electrons. The zero-order valence-corrected chi connectivity index (χ0v) is 19.8. The summed E-state index contributed by atoms with van der Waals surface area (Å²) in [6.45, 7) is 7.77. The fraction of sp³-hybridized carbons (Fsp3) is 0.524. The van der Waals surface area contributed by atoms with E-state index in [1.807, 2.05) is 23.1 Å². The summed E-state index contributed by atoms with van der Waals surface area (Å²) in [5.74, 6) is 0.636. The van der Waals surface area contributed by atoms with Gasteiger partial charge in [-0.1, -0.05) is 44.5 Å². The summed E-state index contributed by atoms with van der Waals surface area (Å²) >= 11 is 6.40. The van der Waals surface area contributed by atoms with Gasteiger partial charge in [0, 0.05) is 37.1 Å². The third-order valence-corrected chi connectivity index (χ3v) is 6.91. The molecule has 1 unspecified atom stereocenters. The van der Waals surface area contributed by atoms with Gasteiger partial charge in [-0.05, 0) is 24.0 Å². The van der Waals surface area contributed by atoms with E-state index in [-0.39, 0.29) is 5.41 Å². The second-order valence-electron chi connectivity index (χ2n) is 9.13. The number of nitrogens with zero attached hydrogens (tertiary/aromatic N) is 3. The van der Waals surface area contributed by atoms with Gasteiger partial charge < -0.3 is 15.3 Å². The van der Waals surface area contributed by atoms with E-state index in [0.717, 1.165) is 10.9 Å². The molecule has 31 heavy (non-hydrogen) atoms. The number of amides is 1. The first-order valence-electron chi connectivity index (χ1n) is 10.1. The Hall–Kier alpha value is -2.10. The van der Waals surface area contributed by atoms with Crippen LogP contribution in [-0.4, -0.2) is 61.3 Å². The molecule has 0 spiro atoms. The van der Waals surface area contributed by atoms with Gasteiger partial charge in [0.25, 0.3) is 0 Å². The Morgan fingerprint density at radius 1 is 1.26 bits per heavy atom. The number of hydrogen-bond acceptors (Lipinski definition) is 5. The van der Waals surface area contributed by atoms with Gasteiger partial charge in [-0.2, -0.15) is 4.31 Å². The lowest BCUT2D eigenvalue weighted by Crippen LogP contribution is -2.49. The van der Waals surface area contributed by atoms with Gasteiger partial charge >= 0.3 is 6.09 Å². The molecule has 1 aliphatic rings. The van der Waals surface area contributed by atoms with Crippen molar-refractivity contribution in [3.05, 3.63) is 34.9 Å². The van der Waals surface area contributed by atoms with E-state index in [1.165, 1.54) is 10.6 Å². The molecule has 0 saturated carbocycles. The molecule has 1 fully saturated rings. The molecule has 1 aromatic heterocycles. The Balaban J connectivity index is 2.09. The first-order valence-corrected chi connectivity index (χ1v) is 12.4. The summed E-state index contributed by atoms with van der Waals surface area (Å²) < 4.78 is 25.2. The third-order valence-electron chi connectivity index (χ3n) is 5.30. The van der Waals surface area contributed by atoms with E-state index in [2.05, 4.69) is 26.1 Å². The van der Waals surface area contributed by atoms with Crippen LogP contribution in [0.25, 0.3) is 10.9 Å². The number of hydrogen-bond donors (Lipinski definition) is 2. The van der Waals surface area contributed by atoms with E-state index < -0.39 is 22.2 Å². The van der Waals surface area contributed by atoms with Crippen molar-refractivity contribution in [2.24, 2.45) is 5.41 Å². The topological polar surface area (TPSA) is 103 Å². The molecule has 2 aromatic rings. The lowest BCUT2D eigenvalue weighted by molar-refractivity contribution is 0.184. The average Bonchev–Trinajstić information content (AvgIpc) is 2.65. The molecule has 2 N–H and O–H groups in total. The normalized spacial score (nSPS) is 17.0. The van der Waals surface area contributed by atoms with Crippen molar-refractivity contribution in [2.45, 2.75) is 33.2 Å². The number of carbonyl (C=O) groups is 1. The fourth-order valence-corrected chi connectivity index (χ4v) is 4.96. The molecule has 0 radical (unpaired) electrons. The largest absolute Gasteiger partial charge is 0.465 e. The van der Waals surface area contributed by atoms with E-state index in [9.17, 15) is 18.3 Å². The van der Waals surface area contributed by atoms with E-state index in [4.69, 9.17) is 16.6 Å². The predicted octanol–water partition coefficient (Wildman–Crippen LogP) is 3.71. The van der Waals surface area contributed by atoms with Crippen molar-refractivity contribution in [2.75, 3.05) is 37.3 Å². The second-order valence-corrected chi connectivity index (χ2v) is 11.5. The minimum Gasteiger partial charge on any atom is -0.465 e. The van der Waals surface area contributed by atoms with E-state index in [0.29, 0.717) is 49.0 Å². The zero-order valence-electron chi connectivity index (χ0n) is 18.2. The van der Waals surface area contributed by atoms with Crippen molar-refractivity contribution in [3.63, 3.8) is 0 Å². The molecule has 1 atom stereocenters. The fourth-order valence-electron chi connectivity index (χ4n) is 3.91. The highest BCUT2D eigenvalue weighted by atomic mass is 35.5. The van der Waals surface area contributed by atoms with Crippen LogP contribution < -0.4 is 10.2 Å². The number of benzene rings is 1. The van der Waals surface area contributed by atoms with Crippen molar-refractivity contribution in [1.29, 1.82) is 0 Å². The SMILES string of the molecule is CC(C)(C)CC(NC(=O)O)c1cc2cccc(Cl)c2nc1N1CCN(S(C)(=O)=O)CC1. The maximum atomic E-state index is 11.9. The van der Waals surface area contributed by atoms with Crippen molar-refractivity contribution in [3.8, 4) is 0 Å². The molecule has 1 amide bonds. The van der Waals surface area contributed by atoms with Crippen LogP contribution in [0.2, 0.25) is 5.02 Å². The van der Waals surface area contributed by atoms with Crippen LogP contribution >= 0.6 is 11.6 Å². The van der Waals surface area contributed by atoms with Gasteiger partial charge in [0.1, 0.15) is 5.82 Å². The van der Waals surface area contributed by atoms with Gasteiger partial charge in [0.2, 0.25) is 10.0 Å². The van der Waals surface area contributed by atoms with Gasteiger partial charge in [-0.25, -0.2) is 18.2 Å². The molecular formula is C21H29ClN4O4S. The van der Waals surface area contributed by atoms with Gasteiger partial charge in [-0.15, -0.1) is 0 Å². The summed E-state index contributed by atoms with van der Waals surface area (Å²) in [7, 11) is -3.26. The number of para-hydroxylation sites is 1. The second kappa shape index (κ2) is 8.80. The van der Waals surface area contributed by atoms with Crippen LogP contribution in [0.3, 0.4) is 0 Å². The predicted molar refractivity (Wildman–Crippen MR) is 123 cm³/mol. The first kappa shape index (κ1) is 23.6. The van der Waals surface area contributed by atoms with Crippen molar-refractivity contribution in [1.82, 2.24) is 14.6 Å². The number of fused-ring (bicyclic) bond motifs is 1. The summed E-state index contributed by atoms with van der Waals surface area (Å²) in [4.78, 5) is 18.4. The summed E-state index contributed by atoms with van der Waals surface area (Å²) in [6, 6.07) is 6.97. The maximum Gasteiger partial charge on any atom is 0.405 e. The Kier molecular flexibility index (Phi) is 6.69. The monoisotopic (exact) mass is 468 g/mol. The molecule has 2 heterocycles. The molecular weight excluding hydrogens is 440 g/mol. The third kappa shape index (κ3) is 5.78. The van der Waals surface area contributed by atoms with Gasteiger partial charge in [0.05, 0.1) is 22.8 Å². The quantitative estimate of drug-likeness (QED) is 0.693. The lowest BCUT2D eigenvalue weighted by atomic mass is 9.85. The van der Waals surface area contributed by atoms with E-state index in [1.54, 1.807) is 6.07 Å². The standard InChI is InChI=1S/C21H29ClN4O4S/c1-21(2,3)13-17(23-20(27)28)15-12-14-6-5-7-16(22)18(14)24-19(15)25-8-10-26(11-9-25)31(4,29)30/h5-7,12,17,23H,8-11,13H2,1-4H3,(H,27,28). The minimum absolute atomic E-state index is 0.136. The molecule has 1 aromatic carbocycles. The number of piperazine rings is 1. The first-order chi connectivity index (χ1) is 14.3. The summed E-state index contributed by atoms with van der Waals surface area (Å²) in [5.41, 5.74) is 1.26. The molecule has 0 aliphatic carbocycles. The van der Waals surface area contributed by atoms with Gasteiger partial charge in [-0.3, -0.25) is 0 Å². The number of nitrogens with one attached hydrogen (secondary N) is 1. The number of anilines is 1. The highest BCUT2D eigenvalue weighted by Gasteiger charge is 2.30. The Bertz CT molecular complexity index is 1080. The van der Waals surface area contributed by atoms with E-state index >= 15 is 0 Å². The molecule has 8 nitrogen and oxygen atoms in total. The molecule has 0 bridgehead atoms. The Labute approximate surface area is 188 Å². The number of pyridine rings is 1. The van der Waals surface area contributed by atoms with Crippen LogP contribution in [0.4, 0.5) is 10.6 Å². The minimum atomic E-state index is -3.26. The summed E-state index contributed by atoms with van der Waals surface area (Å²) in [5, 5.41) is 13.5.